The zero-order valence-corrected chi connectivity index (χ0v) is 21.8. The van der Waals surface area contributed by atoms with Crippen molar-refractivity contribution >= 4 is 46.4 Å². The number of carbonyl (C=O) groups is 2. The first-order valence-corrected chi connectivity index (χ1v) is 13.3. The molecule has 1 fully saturated rings. The second-order valence-corrected chi connectivity index (χ2v) is 11.8. The van der Waals surface area contributed by atoms with Gasteiger partial charge in [-0.25, -0.2) is 4.79 Å². The van der Waals surface area contributed by atoms with Crippen molar-refractivity contribution in [2.24, 2.45) is 0 Å². The number of H-pyrrole nitrogens is 1. The molecule has 11 heteroatoms. The van der Waals surface area contributed by atoms with Crippen LogP contribution >= 0.6 is 23.1 Å². The Kier molecular flexibility index (Phi) is 5.68. The number of fused-ring (bicyclic) bond motifs is 2. The molecule has 0 bridgehead atoms. The van der Waals surface area contributed by atoms with E-state index in [0.717, 1.165) is 46.9 Å². The summed E-state index contributed by atoms with van der Waals surface area (Å²) >= 11 is 7.76. The SMILES string of the molecule is CC1(C)CN(C(=O)c2nsc(Cl)c2N2CCC(N3Cc4ccccc4NC3=O)CC2)Cc2cn[nH]c21. The molecule has 3 aliphatic rings. The number of rotatable bonds is 3. The van der Waals surface area contributed by atoms with Crippen LogP contribution in [-0.4, -0.2) is 62.0 Å². The molecule has 0 radical (unpaired) electrons. The van der Waals surface area contributed by atoms with E-state index in [9.17, 15) is 9.59 Å². The van der Waals surface area contributed by atoms with E-state index >= 15 is 0 Å². The maximum absolute atomic E-state index is 13.7. The molecule has 3 amide bonds. The van der Waals surface area contributed by atoms with Gasteiger partial charge in [0.1, 0.15) is 10.0 Å². The molecule has 2 aromatic heterocycles. The van der Waals surface area contributed by atoms with E-state index in [0.29, 0.717) is 48.4 Å². The highest BCUT2D eigenvalue weighted by Gasteiger charge is 2.39. The van der Waals surface area contributed by atoms with Gasteiger partial charge in [-0.3, -0.25) is 9.89 Å². The molecule has 36 heavy (non-hydrogen) atoms. The smallest absolute Gasteiger partial charge is 0.322 e. The van der Waals surface area contributed by atoms with E-state index in [4.69, 9.17) is 11.6 Å². The van der Waals surface area contributed by atoms with Crippen LogP contribution in [0.3, 0.4) is 0 Å². The molecule has 9 nitrogen and oxygen atoms in total. The minimum atomic E-state index is -0.230. The third kappa shape index (κ3) is 3.92. The highest BCUT2D eigenvalue weighted by molar-refractivity contribution is 7.11. The number of benzene rings is 1. The Morgan fingerprint density at radius 1 is 1.17 bits per heavy atom. The van der Waals surface area contributed by atoms with Crippen molar-refractivity contribution in [2.75, 3.05) is 29.9 Å². The van der Waals surface area contributed by atoms with Gasteiger partial charge >= 0.3 is 6.03 Å². The first-order valence-electron chi connectivity index (χ1n) is 12.2. The summed E-state index contributed by atoms with van der Waals surface area (Å²) in [5.74, 6) is -0.109. The monoisotopic (exact) mass is 525 g/mol. The normalized spacial score (nSPS) is 19.6. The summed E-state index contributed by atoms with van der Waals surface area (Å²) in [6.45, 7) is 7.30. The third-order valence-corrected chi connectivity index (χ3v) is 8.55. The zero-order valence-electron chi connectivity index (χ0n) is 20.3. The number of aromatic nitrogens is 3. The van der Waals surface area contributed by atoms with Crippen molar-refractivity contribution in [3.8, 4) is 0 Å². The first kappa shape index (κ1) is 23.3. The number of carbonyl (C=O) groups excluding carboxylic acids is 2. The van der Waals surface area contributed by atoms with Gasteiger partial charge in [-0.05, 0) is 36.0 Å². The molecular weight excluding hydrogens is 498 g/mol. The van der Waals surface area contributed by atoms with E-state index in [1.165, 1.54) is 0 Å². The van der Waals surface area contributed by atoms with Gasteiger partial charge in [0.05, 0.1) is 6.20 Å². The summed E-state index contributed by atoms with van der Waals surface area (Å²) in [6, 6.07) is 8.00. The van der Waals surface area contributed by atoms with E-state index in [-0.39, 0.29) is 23.4 Å². The van der Waals surface area contributed by atoms with E-state index < -0.39 is 0 Å². The number of nitrogens with zero attached hydrogens (tertiary/aromatic N) is 5. The fourth-order valence-corrected chi connectivity index (χ4v) is 6.69. The fraction of sp³-hybridized carbons (Fsp3) is 0.440. The number of halogens is 1. The van der Waals surface area contributed by atoms with E-state index in [1.807, 2.05) is 28.0 Å². The van der Waals surface area contributed by atoms with Crippen molar-refractivity contribution in [3.63, 3.8) is 0 Å². The Balaban J connectivity index is 1.17. The summed E-state index contributed by atoms with van der Waals surface area (Å²) in [7, 11) is 0. The molecule has 0 aliphatic carbocycles. The Bertz CT molecular complexity index is 1330. The number of aromatic amines is 1. The van der Waals surface area contributed by atoms with Gasteiger partial charge in [-0.2, -0.15) is 9.47 Å². The molecule has 2 N–H and O–H groups in total. The van der Waals surface area contributed by atoms with Gasteiger partial charge < -0.3 is 20.0 Å². The molecular formula is C25H28ClN7O2S. The van der Waals surface area contributed by atoms with Crippen LogP contribution in [0.4, 0.5) is 16.2 Å². The maximum Gasteiger partial charge on any atom is 0.322 e. The standard InChI is InChI=1S/C25H28ClN7O2S/c1-25(2)14-32(12-16-11-27-29-21(16)25)23(34)19-20(22(26)36-30-19)31-9-7-17(8-10-31)33-13-15-5-3-4-6-18(15)28-24(33)35/h3-6,11,17H,7-10,12-14H2,1-2H3,(H,27,29)(H,28,35). The van der Waals surface area contributed by atoms with Gasteiger partial charge in [0.15, 0.2) is 5.69 Å². The summed E-state index contributed by atoms with van der Waals surface area (Å²) in [6.07, 6.45) is 3.39. The van der Waals surface area contributed by atoms with Crippen molar-refractivity contribution in [3.05, 3.63) is 57.3 Å². The largest absolute Gasteiger partial charge is 0.368 e. The number of hydrogen-bond acceptors (Lipinski definition) is 6. The van der Waals surface area contributed by atoms with Crippen LogP contribution in [-0.2, 0) is 18.5 Å². The van der Waals surface area contributed by atoms with E-state index in [1.54, 1.807) is 6.20 Å². The summed E-state index contributed by atoms with van der Waals surface area (Å²) in [4.78, 5) is 32.4. The molecule has 188 valence electrons. The third-order valence-electron chi connectivity index (χ3n) is 7.54. The highest BCUT2D eigenvalue weighted by Crippen LogP contribution is 2.39. The molecule has 0 spiro atoms. The zero-order chi connectivity index (χ0) is 25.0. The molecule has 1 aromatic carbocycles. The average molecular weight is 526 g/mol. The number of piperidine rings is 1. The number of hydrogen-bond donors (Lipinski definition) is 2. The van der Waals surface area contributed by atoms with Crippen molar-refractivity contribution in [2.45, 2.75) is 51.2 Å². The first-order chi connectivity index (χ1) is 17.3. The summed E-state index contributed by atoms with van der Waals surface area (Å²) in [5.41, 5.74) is 5.03. The molecule has 0 unspecified atom stereocenters. The molecule has 3 aliphatic heterocycles. The van der Waals surface area contributed by atoms with Crippen LogP contribution in [0.5, 0.6) is 0 Å². The van der Waals surface area contributed by atoms with Gasteiger partial charge in [0, 0.05) is 61.1 Å². The molecule has 6 rings (SSSR count). The summed E-state index contributed by atoms with van der Waals surface area (Å²) in [5, 5.41) is 10.3. The van der Waals surface area contributed by atoms with Crippen molar-refractivity contribution in [1.82, 2.24) is 24.4 Å². The summed E-state index contributed by atoms with van der Waals surface area (Å²) < 4.78 is 5.01. The number of amides is 3. The number of anilines is 2. The van der Waals surface area contributed by atoms with Gasteiger partial charge in [0.2, 0.25) is 0 Å². The second kappa shape index (κ2) is 8.77. The van der Waals surface area contributed by atoms with Crippen LogP contribution in [0.15, 0.2) is 30.5 Å². The van der Waals surface area contributed by atoms with Gasteiger partial charge in [-0.15, -0.1) is 0 Å². The van der Waals surface area contributed by atoms with Crippen LogP contribution in [0, 0.1) is 0 Å². The highest BCUT2D eigenvalue weighted by atomic mass is 35.5. The lowest BCUT2D eigenvalue weighted by Gasteiger charge is -2.41. The Morgan fingerprint density at radius 3 is 2.75 bits per heavy atom. The van der Waals surface area contributed by atoms with Crippen molar-refractivity contribution in [1.29, 1.82) is 0 Å². The quantitative estimate of drug-likeness (QED) is 0.526. The van der Waals surface area contributed by atoms with Gasteiger partial charge in [0.25, 0.3) is 5.91 Å². The van der Waals surface area contributed by atoms with Gasteiger partial charge in [-0.1, -0.05) is 43.6 Å². The maximum atomic E-state index is 13.7. The fourth-order valence-electron chi connectivity index (χ4n) is 5.73. The van der Waals surface area contributed by atoms with Crippen molar-refractivity contribution < 1.29 is 9.59 Å². The predicted octanol–water partition coefficient (Wildman–Crippen LogP) is 4.47. The molecule has 0 atom stereocenters. The minimum absolute atomic E-state index is 0.0513. The van der Waals surface area contributed by atoms with Crippen LogP contribution < -0.4 is 10.2 Å². The Morgan fingerprint density at radius 2 is 1.94 bits per heavy atom. The number of urea groups is 1. The lowest BCUT2D eigenvalue weighted by molar-refractivity contribution is 0.0680. The predicted molar refractivity (Wildman–Crippen MR) is 140 cm³/mol. The molecule has 3 aromatic rings. The molecule has 1 saturated heterocycles. The van der Waals surface area contributed by atoms with Crippen LogP contribution in [0.1, 0.15) is 54.0 Å². The molecule has 0 saturated carbocycles. The average Bonchev–Trinajstić information content (AvgIpc) is 3.50. The Labute approximate surface area is 218 Å². The lowest BCUT2D eigenvalue weighted by atomic mass is 9.83. The molecule has 5 heterocycles. The second-order valence-electron chi connectivity index (χ2n) is 10.4. The number of para-hydroxylation sites is 1. The van der Waals surface area contributed by atoms with E-state index in [2.05, 4.69) is 44.7 Å². The number of nitrogens with one attached hydrogen (secondary N) is 2. The lowest BCUT2D eigenvalue weighted by Crippen LogP contribution is -2.50. The topological polar surface area (TPSA) is 97.5 Å². The Hall–Kier alpha value is -3.11. The van der Waals surface area contributed by atoms with Crippen LogP contribution in [0.2, 0.25) is 4.34 Å². The van der Waals surface area contributed by atoms with Crippen LogP contribution in [0.25, 0.3) is 0 Å². The minimum Gasteiger partial charge on any atom is -0.368 e.